The zero-order chi connectivity index (χ0) is 25.1. The van der Waals surface area contributed by atoms with E-state index in [4.69, 9.17) is 4.99 Å². The maximum absolute atomic E-state index is 11.7. The third kappa shape index (κ3) is 4.06. The van der Waals surface area contributed by atoms with Gasteiger partial charge in [0.1, 0.15) is 0 Å². The molecule has 4 aliphatic carbocycles. The number of hydrogen-bond donors (Lipinski definition) is 2. The second kappa shape index (κ2) is 9.15. The Morgan fingerprint density at radius 3 is 2.54 bits per heavy atom. The van der Waals surface area contributed by atoms with E-state index in [1.54, 1.807) is 12.5 Å². The van der Waals surface area contributed by atoms with Crippen molar-refractivity contribution in [1.29, 1.82) is 0 Å². The van der Waals surface area contributed by atoms with Gasteiger partial charge in [-0.3, -0.25) is 9.79 Å². The third-order valence-corrected chi connectivity index (χ3v) is 11.5. The first-order valence-electron chi connectivity index (χ1n) is 14.4. The van der Waals surface area contributed by atoms with Gasteiger partial charge in [-0.2, -0.15) is 0 Å². The highest BCUT2D eigenvalue weighted by molar-refractivity contribution is 6.02. The molecule has 0 bridgehead atoms. The molecule has 0 spiro atoms. The van der Waals surface area contributed by atoms with Crippen molar-refractivity contribution in [3.05, 3.63) is 22.8 Å². The lowest BCUT2D eigenvalue weighted by molar-refractivity contribution is -0.125. The number of aliphatic hydroxyl groups is 1. The maximum atomic E-state index is 11.7. The fraction of sp³-hybridized carbons (Fsp3) is 0.806. The standard InChI is InChI=1S/C31H48N2O2/c1-18(2)21-13-16-32-28(21)17-19(3)23-9-10-24-22-7-8-26-29(35)27(33-20(4)34)12-15-31(26,6)25(22)11-14-30(23,24)5/h7,19,23-27,29,35H,8-17H2,1-6H3,(H,33,34)/t19-,23-,24+,25+,26+,27+,29-,30-,31-/m1/s1. The van der Waals surface area contributed by atoms with E-state index in [2.05, 4.69) is 46.0 Å². The van der Waals surface area contributed by atoms with E-state index in [9.17, 15) is 9.90 Å². The molecule has 4 nitrogen and oxygen atoms in total. The Morgan fingerprint density at radius 2 is 1.83 bits per heavy atom. The van der Waals surface area contributed by atoms with Crippen molar-refractivity contribution in [3.8, 4) is 0 Å². The topological polar surface area (TPSA) is 61.7 Å². The first-order chi connectivity index (χ1) is 16.6. The molecule has 35 heavy (non-hydrogen) atoms. The average Bonchev–Trinajstić information content (AvgIpc) is 3.39. The molecule has 0 unspecified atom stereocenters. The number of nitrogens with zero attached hydrogens (tertiary/aromatic N) is 1. The van der Waals surface area contributed by atoms with Crippen molar-refractivity contribution in [2.45, 2.75) is 111 Å². The van der Waals surface area contributed by atoms with Crippen molar-refractivity contribution >= 4 is 11.6 Å². The molecule has 194 valence electrons. The summed E-state index contributed by atoms with van der Waals surface area (Å²) >= 11 is 0. The smallest absolute Gasteiger partial charge is 0.217 e. The van der Waals surface area contributed by atoms with Crippen LogP contribution >= 0.6 is 0 Å². The van der Waals surface area contributed by atoms with Crippen LogP contribution in [-0.2, 0) is 4.79 Å². The molecular weight excluding hydrogens is 432 g/mol. The van der Waals surface area contributed by atoms with Crippen LogP contribution in [-0.4, -0.2) is 35.4 Å². The molecule has 0 aromatic rings. The van der Waals surface area contributed by atoms with Gasteiger partial charge in [0.2, 0.25) is 5.91 Å². The van der Waals surface area contributed by atoms with E-state index in [1.807, 2.05) is 0 Å². The van der Waals surface area contributed by atoms with Gasteiger partial charge in [-0.15, -0.1) is 0 Å². The Morgan fingerprint density at radius 1 is 1.11 bits per heavy atom. The first kappa shape index (κ1) is 25.2. The molecule has 0 aromatic carbocycles. The van der Waals surface area contributed by atoms with Gasteiger partial charge in [0.05, 0.1) is 12.1 Å². The number of fused-ring (bicyclic) bond motifs is 5. The molecule has 5 aliphatic rings. The summed E-state index contributed by atoms with van der Waals surface area (Å²) in [5.74, 6) is 2.97. The minimum atomic E-state index is -0.434. The Balaban J connectivity index is 1.35. The van der Waals surface area contributed by atoms with Gasteiger partial charge < -0.3 is 10.4 Å². The van der Waals surface area contributed by atoms with Gasteiger partial charge in [-0.05, 0) is 118 Å². The van der Waals surface area contributed by atoms with Gasteiger partial charge in [0, 0.05) is 19.2 Å². The first-order valence-corrected chi connectivity index (χ1v) is 14.4. The number of rotatable bonds is 4. The zero-order valence-corrected chi connectivity index (χ0v) is 23.0. The van der Waals surface area contributed by atoms with Crippen molar-refractivity contribution in [1.82, 2.24) is 5.32 Å². The molecular formula is C31H48N2O2. The molecule has 5 rings (SSSR count). The van der Waals surface area contributed by atoms with Crippen LogP contribution in [0.3, 0.4) is 0 Å². The van der Waals surface area contributed by atoms with Crippen LogP contribution in [0, 0.1) is 40.4 Å². The maximum Gasteiger partial charge on any atom is 0.217 e. The summed E-state index contributed by atoms with van der Waals surface area (Å²) in [5.41, 5.74) is 6.66. The van der Waals surface area contributed by atoms with Crippen molar-refractivity contribution in [2.75, 3.05) is 6.54 Å². The molecule has 0 aromatic heterocycles. The van der Waals surface area contributed by atoms with Gasteiger partial charge >= 0.3 is 0 Å². The minimum Gasteiger partial charge on any atom is -0.391 e. The summed E-state index contributed by atoms with van der Waals surface area (Å²) < 4.78 is 0. The molecule has 0 radical (unpaired) electrons. The zero-order valence-electron chi connectivity index (χ0n) is 23.0. The van der Waals surface area contributed by atoms with E-state index >= 15 is 0 Å². The van der Waals surface area contributed by atoms with Crippen LogP contribution < -0.4 is 5.32 Å². The highest BCUT2D eigenvalue weighted by Gasteiger charge is 2.59. The molecule has 2 N–H and O–H groups in total. The summed E-state index contributed by atoms with van der Waals surface area (Å²) in [6.45, 7) is 14.6. The summed E-state index contributed by atoms with van der Waals surface area (Å²) in [4.78, 5) is 16.6. The number of aliphatic imine (C=N–C) groups is 1. The van der Waals surface area contributed by atoms with Gasteiger partial charge in [0.25, 0.3) is 0 Å². The Bertz CT molecular complexity index is 959. The number of carbonyl (C=O) groups is 1. The SMILES string of the molecule is CC(=O)N[C@H]1CC[C@]2(C)[C@H]3CC[C@]4(C)[C@@H]([C@H](C)CC5=NCCC5=C(C)C)CC[C@H]4C3=CC[C@H]2[C@H]1O. The van der Waals surface area contributed by atoms with E-state index in [0.29, 0.717) is 23.2 Å². The minimum absolute atomic E-state index is 0.0236. The van der Waals surface area contributed by atoms with Crippen LogP contribution in [0.2, 0.25) is 0 Å². The van der Waals surface area contributed by atoms with Crippen LogP contribution in [0.25, 0.3) is 0 Å². The summed E-state index contributed by atoms with van der Waals surface area (Å²) in [7, 11) is 0. The summed E-state index contributed by atoms with van der Waals surface area (Å²) in [5, 5.41) is 14.3. The van der Waals surface area contributed by atoms with Crippen molar-refractivity contribution < 1.29 is 9.90 Å². The molecule has 0 saturated heterocycles. The lowest BCUT2D eigenvalue weighted by atomic mass is 9.47. The largest absolute Gasteiger partial charge is 0.391 e. The van der Waals surface area contributed by atoms with Gasteiger partial charge in [-0.1, -0.05) is 38.0 Å². The van der Waals surface area contributed by atoms with E-state index in [1.165, 1.54) is 42.5 Å². The molecule has 1 heterocycles. The predicted molar refractivity (Wildman–Crippen MR) is 143 cm³/mol. The number of amides is 1. The van der Waals surface area contributed by atoms with Crippen LogP contribution in [0.15, 0.2) is 27.8 Å². The Hall–Kier alpha value is -1.42. The van der Waals surface area contributed by atoms with Crippen molar-refractivity contribution in [3.63, 3.8) is 0 Å². The highest BCUT2D eigenvalue weighted by Crippen LogP contribution is 2.67. The average molecular weight is 481 g/mol. The monoisotopic (exact) mass is 480 g/mol. The van der Waals surface area contributed by atoms with Crippen LogP contribution in [0.4, 0.5) is 0 Å². The highest BCUT2D eigenvalue weighted by atomic mass is 16.3. The fourth-order valence-corrected chi connectivity index (χ4v) is 9.70. The molecule has 1 amide bonds. The molecule has 3 saturated carbocycles. The quantitative estimate of drug-likeness (QED) is 0.467. The van der Waals surface area contributed by atoms with E-state index in [0.717, 1.165) is 44.6 Å². The molecule has 4 heteroatoms. The lowest BCUT2D eigenvalue weighted by Gasteiger charge is -2.59. The third-order valence-electron chi connectivity index (χ3n) is 11.5. The second-order valence-corrected chi connectivity index (χ2v) is 13.5. The summed E-state index contributed by atoms with van der Waals surface area (Å²) in [6, 6.07) is -0.0877. The summed E-state index contributed by atoms with van der Waals surface area (Å²) in [6.07, 6.45) is 12.6. The number of carbonyl (C=O) groups excluding carboxylic acids is 1. The number of allylic oxidation sites excluding steroid dienone is 3. The normalized spacial score (nSPS) is 43.5. The van der Waals surface area contributed by atoms with Gasteiger partial charge in [-0.25, -0.2) is 0 Å². The Kier molecular flexibility index (Phi) is 6.60. The predicted octanol–water partition coefficient (Wildman–Crippen LogP) is 6.25. The molecule has 1 aliphatic heterocycles. The Labute approximate surface area is 213 Å². The second-order valence-electron chi connectivity index (χ2n) is 13.5. The molecule has 3 fully saturated rings. The van der Waals surface area contributed by atoms with Crippen LogP contribution in [0.5, 0.6) is 0 Å². The molecule has 9 atom stereocenters. The number of hydrogen-bond acceptors (Lipinski definition) is 3. The fourth-order valence-electron chi connectivity index (χ4n) is 9.70. The van der Waals surface area contributed by atoms with Crippen LogP contribution in [0.1, 0.15) is 99.3 Å². The van der Waals surface area contributed by atoms with Gasteiger partial charge in [0.15, 0.2) is 0 Å². The van der Waals surface area contributed by atoms with E-state index < -0.39 is 6.10 Å². The lowest BCUT2D eigenvalue weighted by Crippen LogP contribution is -2.58. The van der Waals surface area contributed by atoms with Crippen molar-refractivity contribution in [2.24, 2.45) is 45.4 Å². The number of nitrogens with one attached hydrogen (secondary N) is 1. The van der Waals surface area contributed by atoms with E-state index in [-0.39, 0.29) is 23.3 Å². The number of aliphatic hydroxyl groups excluding tert-OH is 1.